The molecular weight excluding hydrogens is 414 g/mol. The van der Waals surface area contributed by atoms with E-state index in [-0.39, 0.29) is 40.2 Å². The molecule has 0 aromatic rings. The van der Waals surface area contributed by atoms with Crippen LogP contribution in [0.1, 0.15) is 71.6 Å². The number of unbranched alkanes of at least 4 members (excludes halogenated alkanes) is 2. The third kappa shape index (κ3) is 9.46. The second-order valence-electron chi connectivity index (χ2n) is 9.35. The van der Waals surface area contributed by atoms with E-state index in [0.29, 0.717) is 26.1 Å². The van der Waals surface area contributed by atoms with Crippen molar-refractivity contribution >= 4 is 36.3 Å². The molecular formula is C23H37N3O4S. The SMILES string of the molecule is CC(C)(S)CCNC(=O)CCCCCNC(=O)C1CCC(CN2C(=O)C=CC2=O)CC1. The molecule has 0 saturated heterocycles. The van der Waals surface area contributed by atoms with Gasteiger partial charge in [-0.25, -0.2) is 0 Å². The van der Waals surface area contributed by atoms with Gasteiger partial charge in [0.25, 0.3) is 11.8 Å². The first-order valence-electron chi connectivity index (χ1n) is 11.5. The Labute approximate surface area is 191 Å². The first-order valence-corrected chi connectivity index (χ1v) is 11.9. The number of carbonyl (C=O) groups excluding carboxylic acids is 4. The summed E-state index contributed by atoms with van der Waals surface area (Å²) in [5, 5.41) is 5.94. The lowest BCUT2D eigenvalue weighted by atomic mass is 9.81. The number of nitrogens with one attached hydrogen (secondary N) is 2. The quantitative estimate of drug-likeness (QED) is 0.241. The zero-order valence-electron chi connectivity index (χ0n) is 18.8. The van der Waals surface area contributed by atoms with Crippen molar-refractivity contribution in [2.75, 3.05) is 19.6 Å². The molecule has 174 valence electrons. The lowest BCUT2D eigenvalue weighted by molar-refractivity contribution is -0.138. The molecule has 4 amide bonds. The van der Waals surface area contributed by atoms with Crippen LogP contribution in [0.3, 0.4) is 0 Å². The number of thiol groups is 1. The predicted octanol–water partition coefficient (Wildman–Crippen LogP) is 2.61. The number of imide groups is 1. The second kappa shape index (κ2) is 12.3. The molecule has 2 rings (SSSR count). The maximum atomic E-state index is 12.4. The summed E-state index contributed by atoms with van der Waals surface area (Å²) in [5.74, 6) is 0.00278. The Kier molecular flexibility index (Phi) is 10.1. The molecule has 1 fully saturated rings. The monoisotopic (exact) mass is 451 g/mol. The summed E-state index contributed by atoms with van der Waals surface area (Å²) < 4.78 is -0.0752. The Morgan fingerprint density at radius 1 is 1.00 bits per heavy atom. The van der Waals surface area contributed by atoms with E-state index in [1.165, 1.54) is 17.1 Å². The van der Waals surface area contributed by atoms with Crippen molar-refractivity contribution in [3.05, 3.63) is 12.2 Å². The van der Waals surface area contributed by atoms with Gasteiger partial charge >= 0.3 is 0 Å². The minimum atomic E-state index is -0.232. The highest BCUT2D eigenvalue weighted by Crippen LogP contribution is 2.30. The number of rotatable bonds is 12. The summed E-state index contributed by atoms with van der Waals surface area (Å²) in [5.41, 5.74) is 0. The number of amides is 4. The lowest BCUT2D eigenvalue weighted by Gasteiger charge is -2.30. The van der Waals surface area contributed by atoms with Crippen molar-refractivity contribution in [2.24, 2.45) is 11.8 Å². The van der Waals surface area contributed by atoms with Crippen LogP contribution in [0.5, 0.6) is 0 Å². The van der Waals surface area contributed by atoms with Crippen molar-refractivity contribution in [1.82, 2.24) is 15.5 Å². The molecule has 0 atom stereocenters. The summed E-state index contributed by atoms with van der Waals surface area (Å²) in [6, 6.07) is 0. The molecule has 0 aromatic heterocycles. The molecule has 0 radical (unpaired) electrons. The number of hydrogen-bond acceptors (Lipinski definition) is 5. The molecule has 0 unspecified atom stereocenters. The van der Waals surface area contributed by atoms with Gasteiger partial charge in [0.05, 0.1) is 0 Å². The van der Waals surface area contributed by atoms with Gasteiger partial charge in [-0.05, 0) is 50.9 Å². The molecule has 7 nitrogen and oxygen atoms in total. The van der Waals surface area contributed by atoms with E-state index < -0.39 is 0 Å². The Balaban J connectivity index is 1.49. The van der Waals surface area contributed by atoms with Crippen LogP contribution in [0, 0.1) is 11.8 Å². The fraction of sp³-hybridized carbons (Fsp3) is 0.739. The Morgan fingerprint density at radius 2 is 1.65 bits per heavy atom. The lowest BCUT2D eigenvalue weighted by Crippen LogP contribution is -2.38. The largest absolute Gasteiger partial charge is 0.356 e. The van der Waals surface area contributed by atoms with Crippen LogP contribution in [-0.4, -0.2) is 52.9 Å². The molecule has 1 aliphatic heterocycles. The molecule has 2 aliphatic rings. The maximum Gasteiger partial charge on any atom is 0.253 e. The smallest absolute Gasteiger partial charge is 0.253 e. The molecule has 1 aliphatic carbocycles. The van der Waals surface area contributed by atoms with Crippen LogP contribution in [0.4, 0.5) is 0 Å². The first-order chi connectivity index (χ1) is 14.7. The normalized spacial score (nSPS) is 21.5. The molecule has 1 saturated carbocycles. The summed E-state index contributed by atoms with van der Waals surface area (Å²) >= 11 is 4.44. The van der Waals surface area contributed by atoms with Crippen molar-refractivity contribution in [1.29, 1.82) is 0 Å². The summed E-state index contributed by atoms with van der Waals surface area (Å²) in [6.07, 6.45) is 9.88. The van der Waals surface area contributed by atoms with E-state index in [4.69, 9.17) is 0 Å². The zero-order chi connectivity index (χ0) is 22.9. The fourth-order valence-electron chi connectivity index (χ4n) is 4.02. The molecule has 0 spiro atoms. The van der Waals surface area contributed by atoms with Gasteiger partial charge in [-0.15, -0.1) is 0 Å². The van der Waals surface area contributed by atoms with Gasteiger partial charge in [0.15, 0.2) is 0 Å². The third-order valence-corrected chi connectivity index (χ3v) is 6.22. The zero-order valence-corrected chi connectivity index (χ0v) is 19.7. The van der Waals surface area contributed by atoms with E-state index in [0.717, 1.165) is 51.4 Å². The Morgan fingerprint density at radius 3 is 2.26 bits per heavy atom. The van der Waals surface area contributed by atoms with Gasteiger partial charge in [0, 0.05) is 48.9 Å². The Bertz CT molecular complexity index is 661. The van der Waals surface area contributed by atoms with Crippen LogP contribution in [0.25, 0.3) is 0 Å². The fourth-order valence-corrected chi connectivity index (χ4v) is 4.13. The Hall–Kier alpha value is -1.83. The molecule has 2 N–H and O–H groups in total. The van der Waals surface area contributed by atoms with Crippen LogP contribution in [0.15, 0.2) is 12.2 Å². The third-order valence-electron chi connectivity index (χ3n) is 6.00. The van der Waals surface area contributed by atoms with Crippen LogP contribution in [0.2, 0.25) is 0 Å². The summed E-state index contributed by atoms with van der Waals surface area (Å²) in [6.45, 7) is 5.79. The number of hydrogen-bond donors (Lipinski definition) is 3. The van der Waals surface area contributed by atoms with E-state index in [2.05, 4.69) is 23.3 Å². The standard InChI is InChI=1S/C23H37N3O4S/c1-23(2,31)13-15-24-19(27)6-4-3-5-14-25-22(30)18-9-7-17(8-10-18)16-26-20(28)11-12-21(26)29/h11-12,17-18,31H,3-10,13-16H2,1-2H3,(H,24,27)(H,25,30). The van der Waals surface area contributed by atoms with Crippen molar-refractivity contribution in [2.45, 2.75) is 76.4 Å². The summed E-state index contributed by atoms with van der Waals surface area (Å²) in [4.78, 5) is 48.8. The highest BCUT2D eigenvalue weighted by Gasteiger charge is 2.31. The van der Waals surface area contributed by atoms with E-state index in [1.807, 2.05) is 13.8 Å². The van der Waals surface area contributed by atoms with E-state index in [1.54, 1.807) is 0 Å². The highest BCUT2D eigenvalue weighted by molar-refractivity contribution is 7.81. The molecule has 0 aromatic carbocycles. The number of nitrogens with zero attached hydrogens (tertiary/aromatic N) is 1. The average molecular weight is 452 g/mol. The molecule has 0 bridgehead atoms. The van der Waals surface area contributed by atoms with E-state index >= 15 is 0 Å². The van der Waals surface area contributed by atoms with Crippen LogP contribution >= 0.6 is 12.6 Å². The van der Waals surface area contributed by atoms with Gasteiger partial charge in [0.1, 0.15) is 0 Å². The van der Waals surface area contributed by atoms with E-state index in [9.17, 15) is 19.2 Å². The first kappa shape index (κ1) is 25.4. The highest BCUT2D eigenvalue weighted by atomic mass is 32.1. The predicted molar refractivity (Wildman–Crippen MR) is 123 cm³/mol. The average Bonchev–Trinajstić information content (AvgIpc) is 3.02. The second-order valence-corrected chi connectivity index (χ2v) is 10.6. The summed E-state index contributed by atoms with van der Waals surface area (Å²) in [7, 11) is 0. The molecule has 31 heavy (non-hydrogen) atoms. The van der Waals surface area contributed by atoms with Crippen molar-refractivity contribution in [3.8, 4) is 0 Å². The van der Waals surface area contributed by atoms with Crippen LogP contribution in [-0.2, 0) is 19.2 Å². The molecule has 8 heteroatoms. The van der Waals surface area contributed by atoms with Gasteiger partial charge in [-0.3, -0.25) is 24.1 Å². The van der Waals surface area contributed by atoms with Crippen molar-refractivity contribution in [3.63, 3.8) is 0 Å². The van der Waals surface area contributed by atoms with Crippen molar-refractivity contribution < 1.29 is 19.2 Å². The van der Waals surface area contributed by atoms with Gasteiger partial charge in [0.2, 0.25) is 11.8 Å². The minimum Gasteiger partial charge on any atom is -0.356 e. The minimum absolute atomic E-state index is 0.0150. The number of carbonyl (C=O) groups is 4. The van der Waals surface area contributed by atoms with Gasteiger partial charge in [-0.2, -0.15) is 12.6 Å². The topological polar surface area (TPSA) is 95.6 Å². The maximum absolute atomic E-state index is 12.4. The molecule has 1 heterocycles. The van der Waals surface area contributed by atoms with Crippen LogP contribution < -0.4 is 10.6 Å². The van der Waals surface area contributed by atoms with Gasteiger partial charge < -0.3 is 10.6 Å². The van der Waals surface area contributed by atoms with Gasteiger partial charge in [-0.1, -0.05) is 20.3 Å².